The maximum absolute atomic E-state index is 12.0. The van der Waals surface area contributed by atoms with Crippen LogP contribution in [0.1, 0.15) is 58.3 Å². The lowest BCUT2D eigenvalue weighted by molar-refractivity contribution is -0.151. The van der Waals surface area contributed by atoms with Crippen LogP contribution in [-0.4, -0.2) is 36.2 Å². The summed E-state index contributed by atoms with van der Waals surface area (Å²) < 4.78 is 5.48. The predicted octanol–water partition coefficient (Wildman–Crippen LogP) is 2.34. The molecule has 2 aliphatic carbocycles. The fourth-order valence-electron chi connectivity index (χ4n) is 3.51. The van der Waals surface area contributed by atoms with Gasteiger partial charge in [-0.2, -0.15) is 0 Å². The number of ether oxygens (including phenoxy) is 1. The first kappa shape index (κ1) is 16.3. The highest BCUT2D eigenvalue weighted by molar-refractivity contribution is 5.79. The van der Waals surface area contributed by atoms with Gasteiger partial charge in [-0.15, -0.1) is 0 Å². The first-order valence-corrected chi connectivity index (χ1v) is 8.17. The second kappa shape index (κ2) is 7.25. The molecule has 5 heteroatoms. The Labute approximate surface area is 126 Å². The van der Waals surface area contributed by atoms with Crippen molar-refractivity contribution in [1.29, 1.82) is 0 Å². The van der Waals surface area contributed by atoms with E-state index < -0.39 is 11.4 Å². The molecule has 120 valence electrons. The summed E-state index contributed by atoms with van der Waals surface area (Å²) in [6.07, 6.45) is 7.06. The fraction of sp³-hybridized carbons (Fsp3) is 0.875. The third-order valence-electron chi connectivity index (χ3n) is 4.96. The van der Waals surface area contributed by atoms with Gasteiger partial charge in [-0.25, -0.2) is 0 Å². The van der Waals surface area contributed by atoms with E-state index in [4.69, 9.17) is 4.74 Å². The monoisotopic (exact) mass is 297 g/mol. The smallest absolute Gasteiger partial charge is 0.311 e. The lowest BCUT2D eigenvalue weighted by Gasteiger charge is -2.35. The van der Waals surface area contributed by atoms with Gasteiger partial charge in [0, 0.05) is 19.6 Å². The molecule has 0 aliphatic heterocycles. The number of amides is 1. The largest absolute Gasteiger partial charge is 0.481 e. The molecule has 0 saturated heterocycles. The van der Waals surface area contributed by atoms with Gasteiger partial charge in [-0.1, -0.05) is 19.3 Å². The lowest BCUT2D eigenvalue weighted by atomic mass is 9.74. The second-order valence-electron chi connectivity index (χ2n) is 6.54. The van der Waals surface area contributed by atoms with Gasteiger partial charge in [0.2, 0.25) is 5.91 Å². The zero-order chi connectivity index (χ0) is 15.3. The number of carboxylic acid groups (broad SMARTS) is 1. The Morgan fingerprint density at radius 2 is 1.90 bits per heavy atom. The molecule has 0 bridgehead atoms. The summed E-state index contributed by atoms with van der Waals surface area (Å²) in [6, 6.07) is 0. The van der Waals surface area contributed by atoms with Crippen molar-refractivity contribution in [3.63, 3.8) is 0 Å². The molecular weight excluding hydrogens is 270 g/mol. The number of carbonyl (C=O) groups is 2. The Kier molecular flexibility index (Phi) is 5.62. The fourth-order valence-corrected chi connectivity index (χ4v) is 3.51. The van der Waals surface area contributed by atoms with Crippen LogP contribution in [0.2, 0.25) is 0 Å². The summed E-state index contributed by atoms with van der Waals surface area (Å²) in [4.78, 5) is 23.5. The Bertz CT molecular complexity index is 370. The molecular formula is C16H27NO4. The Hall–Kier alpha value is -1.10. The number of rotatable bonds is 7. The average Bonchev–Trinajstić information content (AvgIpc) is 2.44. The number of hydrogen-bond acceptors (Lipinski definition) is 3. The Morgan fingerprint density at radius 3 is 2.48 bits per heavy atom. The molecule has 0 unspecified atom stereocenters. The zero-order valence-electron chi connectivity index (χ0n) is 12.9. The van der Waals surface area contributed by atoms with Crippen molar-refractivity contribution < 1.29 is 19.4 Å². The standard InChI is InChI=1S/C16H27NO4/c1-2-21-13-8-12(9-13)10-14(18)17-11-16(15(19)20)6-4-3-5-7-16/h12-13H,2-11H2,1H3,(H,17,18)(H,19,20). The van der Waals surface area contributed by atoms with Crippen LogP contribution < -0.4 is 5.32 Å². The molecule has 2 rings (SSSR count). The summed E-state index contributed by atoms with van der Waals surface area (Å²) in [5.41, 5.74) is -0.735. The molecule has 1 amide bonds. The minimum absolute atomic E-state index is 0.0128. The molecule has 0 spiro atoms. The van der Waals surface area contributed by atoms with Crippen LogP contribution >= 0.6 is 0 Å². The predicted molar refractivity (Wildman–Crippen MR) is 78.9 cm³/mol. The lowest BCUT2D eigenvalue weighted by Crippen LogP contribution is -2.45. The molecule has 21 heavy (non-hydrogen) atoms. The van der Waals surface area contributed by atoms with Crippen molar-refractivity contribution >= 4 is 11.9 Å². The van der Waals surface area contributed by atoms with Crippen molar-refractivity contribution in [2.24, 2.45) is 11.3 Å². The van der Waals surface area contributed by atoms with Crippen LogP contribution in [0.4, 0.5) is 0 Å². The van der Waals surface area contributed by atoms with Crippen molar-refractivity contribution in [3.05, 3.63) is 0 Å². The van der Waals surface area contributed by atoms with E-state index >= 15 is 0 Å². The third-order valence-corrected chi connectivity index (χ3v) is 4.96. The molecule has 2 fully saturated rings. The highest BCUT2D eigenvalue weighted by Crippen LogP contribution is 2.36. The van der Waals surface area contributed by atoms with Crippen molar-refractivity contribution in [3.8, 4) is 0 Å². The number of nitrogens with one attached hydrogen (secondary N) is 1. The number of hydrogen-bond donors (Lipinski definition) is 2. The molecule has 0 aromatic rings. The average molecular weight is 297 g/mol. The maximum Gasteiger partial charge on any atom is 0.311 e. The third kappa shape index (κ3) is 4.19. The minimum Gasteiger partial charge on any atom is -0.481 e. The van der Waals surface area contributed by atoms with E-state index in [1.54, 1.807) is 0 Å². The van der Waals surface area contributed by atoms with E-state index in [-0.39, 0.29) is 12.5 Å². The molecule has 0 aromatic carbocycles. The van der Waals surface area contributed by atoms with E-state index in [0.29, 0.717) is 31.3 Å². The normalized spacial score (nSPS) is 27.7. The van der Waals surface area contributed by atoms with Crippen LogP contribution in [-0.2, 0) is 14.3 Å². The van der Waals surface area contributed by atoms with Crippen LogP contribution in [0, 0.1) is 11.3 Å². The highest BCUT2D eigenvalue weighted by atomic mass is 16.5. The summed E-state index contributed by atoms with van der Waals surface area (Å²) in [7, 11) is 0. The zero-order valence-corrected chi connectivity index (χ0v) is 12.9. The number of aliphatic carboxylic acids is 1. The minimum atomic E-state index is -0.762. The van der Waals surface area contributed by atoms with Gasteiger partial charge >= 0.3 is 5.97 Å². The van der Waals surface area contributed by atoms with E-state index in [1.165, 1.54) is 0 Å². The van der Waals surface area contributed by atoms with E-state index in [9.17, 15) is 14.7 Å². The quantitative estimate of drug-likeness (QED) is 0.756. The van der Waals surface area contributed by atoms with E-state index in [0.717, 1.165) is 38.7 Å². The SMILES string of the molecule is CCOC1CC(CC(=O)NCC2(C(=O)O)CCCCC2)C1. The summed E-state index contributed by atoms with van der Waals surface area (Å²) in [5, 5.41) is 12.3. The van der Waals surface area contributed by atoms with Crippen LogP contribution in [0.3, 0.4) is 0 Å². The highest BCUT2D eigenvalue weighted by Gasteiger charge is 2.40. The van der Waals surface area contributed by atoms with Crippen molar-refractivity contribution in [2.75, 3.05) is 13.2 Å². The molecule has 2 saturated carbocycles. The molecule has 5 nitrogen and oxygen atoms in total. The summed E-state index contributed by atoms with van der Waals surface area (Å²) >= 11 is 0. The van der Waals surface area contributed by atoms with Gasteiger partial charge in [0.05, 0.1) is 11.5 Å². The van der Waals surface area contributed by atoms with Gasteiger partial charge in [0.15, 0.2) is 0 Å². The summed E-state index contributed by atoms with van der Waals surface area (Å²) in [6.45, 7) is 2.99. The Morgan fingerprint density at radius 1 is 1.24 bits per heavy atom. The van der Waals surface area contributed by atoms with Crippen LogP contribution in [0.15, 0.2) is 0 Å². The molecule has 2 aliphatic rings. The van der Waals surface area contributed by atoms with Crippen LogP contribution in [0.25, 0.3) is 0 Å². The number of carboxylic acids is 1. The molecule has 0 atom stereocenters. The second-order valence-corrected chi connectivity index (χ2v) is 6.54. The van der Waals surface area contributed by atoms with Crippen molar-refractivity contribution in [1.82, 2.24) is 5.32 Å². The first-order chi connectivity index (χ1) is 10.1. The van der Waals surface area contributed by atoms with Gasteiger partial charge in [-0.3, -0.25) is 9.59 Å². The number of carbonyl (C=O) groups excluding carboxylic acids is 1. The van der Waals surface area contributed by atoms with Gasteiger partial charge in [0.1, 0.15) is 0 Å². The van der Waals surface area contributed by atoms with Gasteiger partial charge < -0.3 is 15.2 Å². The van der Waals surface area contributed by atoms with E-state index in [1.807, 2.05) is 6.92 Å². The van der Waals surface area contributed by atoms with Gasteiger partial charge in [0.25, 0.3) is 0 Å². The molecule has 0 aromatic heterocycles. The van der Waals surface area contributed by atoms with E-state index in [2.05, 4.69) is 5.32 Å². The molecule has 2 N–H and O–H groups in total. The van der Waals surface area contributed by atoms with Crippen LogP contribution in [0.5, 0.6) is 0 Å². The van der Waals surface area contributed by atoms with Gasteiger partial charge in [-0.05, 0) is 38.5 Å². The maximum atomic E-state index is 12.0. The summed E-state index contributed by atoms with van der Waals surface area (Å²) in [5.74, 6) is -0.377. The van der Waals surface area contributed by atoms with Crippen molar-refractivity contribution in [2.45, 2.75) is 64.4 Å². The Balaban J connectivity index is 1.71. The molecule has 0 radical (unpaired) electrons. The first-order valence-electron chi connectivity index (χ1n) is 8.17. The molecule has 0 heterocycles. The topological polar surface area (TPSA) is 75.6 Å².